The van der Waals surface area contributed by atoms with E-state index < -0.39 is 0 Å². The van der Waals surface area contributed by atoms with Crippen molar-refractivity contribution in [2.45, 2.75) is 18.4 Å². The van der Waals surface area contributed by atoms with Gasteiger partial charge in [0.05, 0.1) is 18.4 Å². The van der Waals surface area contributed by atoms with Crippen molar-refractivity contribution in [1.82, 2.24) is 9.97 Å². The first-order valence-electron chi connectivity index (χ1n) is 10.9. The molecule has 2 heterocycles. The van der Waals surface area contributed by atoms with Gasteiger partial charge in [-0.15, -0.1) is 0 Å². The van der Waals surface area contributed by atoms with Crippen molar-refractivity contribution in [2.24, 2.45) is 0 Å². The number of aromatic nitrogens is 2. The molecule has 1 aromatic heterocycles. The first-order valence-corrected chi connectivity index (χ1v) is 11.9. The lowest BCUT2D eigenvalue weighted by Crippen LogP contribution is -2.15. The molecule has 4 aromatic rings. The van der Waals surface area contributed by atoms with Gasteiger partial charge in [-0.1, -0.05) is 66.4 Å². The fourth-order valence-electron chi connectivity index (χ4n) is 3.83. The second-order valence-corrected chi connectivity index (χ2v) is 8.88. The largest absolute Gasteiger partial charge is 0.497 e. The van der Waals surface area contributed by atoms with Gasteiger partial charge in [0.15, 0.2) is 5.82 Å². The van der Waals surface area contributed by atoms with Crippen LogP contribution in [-0.2, 0) is 11.2 Å². The van der Waals surface area contributed by atoms with Gasteiger partial charge >= 0.3 is 0 Å². The van der Waals surface area contributed by atoms with E-state index in [0.29, 0.717) is 29.6 Å². The number of hydrogen-bond acceptors (Lipinski definition) is 6. The molecule has 0 atom stereocenters. The van der Waals surface area contributed by atoms with Gasteiger partial charge in [-0.3, -0.25) is 4.79 Å². The van der Waals surface area contributed by atoms with Crippen LogP contribution in [0.4, 0.5) is 5.69 Å². The third-order valence-corrected chi connectivity index (χ3v) is 6.53. The van der Waals surface area contributed by atoms with Crippen molar-refractivity contribution in [1.29, 1.82) is 0 Å². The second-order valence-electron chi connectivity index (χ2n) is 7.91. The SMILES string of the molecule is COc1cccc(NC(=O)CSc2nc(-c3ccccc3)nc3c2Cc2cccc(C)c2O3)c1. The number of benzene rings is 3. The predicted molar refractivity (Wildman–Crippen MR) is 134 cm³/mol. The normalized spacial score (nSPS) is 11.7. The molecule has 34 heavy (non-hydrogen) atoms. The van der Waals surface area contributed by atoms with Gasteiger partial charge in [-0.25, -0.2) is 4.98 Å². The molecule has 0 bridgehead atoms. The predicted octanol–water partition coefficient (Wildman–Crippen LogP) is 5.89. The van der Waals surface area contributed by atoms with Crippen LogP contribution in [0.25, 0.3) is 11.4 Å². The molecule has 0 radical (unpaired) electrons. The maximum atomic E-state index is 12.7. The molecule has 1 aliphatic heterocycles. The minimum atomic E-state index is -0.125. The van der Waals surface area contributed by atoms with E-state index in [1.807, 2.05) is 67.6 Å². The Balaban J connectivity index is 1.43. The van der Waals surface area contributed by atoms with Crippen LogP contribution in [0.15, 0.2) is 77.8 Å². The number of anilines is 1. The number of amides is 1. The fourth-order valence-corrected chi connectivity index (χ4v) is 4.66. The molecule has 1 amide bonds. The summed E-state index contributed by atoms with van der Waals surface area (Å²) in [6.07, 6.45) is 0.654. The summed E-state index contributed by atoms with van der Waals surface area (Å²) in [5.74, 6) is 2.74. The van der Waals surface area contributed by atoms with E-state index in [1.54, 1.807) is 13.2 Å². The number of thioether (sulfide) groups is 1. The number of hydrogen-bond donors (Lipinski definition) is 1. The third kappa shape index (κ3) is 4.61. The van der Waals surface area contributed by atoms with Crippen LogP contribution < -0.4 is 14.8 Å². The van der Waals surface area contributed by atoms with Gasteiger partial charge in [0.25, 0.3) is 0 Å². The summed E-state index contributed by atoms with van der Waals surface area (Å²) in [6, 6.07) is 23.2. The van der Waals surface area contributed by atoms with Crippen molar-refractivity contribution in [2.75, 3.05) is 18.2 Å². The molecule has 0 saturated carbocycles. The van der Waals surface area contributed by atoms with Crippen LogP contribution in [0.5, 0.6) is 17.4 Å². The smallest absolute Gasteiger partial charge is 0.234 e. The van der Waals surface area contributed by atoms with E-state index in [1.165, 1.54) is 11.8 Å². The lowest BCUT2D eigenvalue weighted by molar-refractivity contribution is -0.113. The highest BCUT2D eigenvalue weighted by atomic mass is 32.2. The third-order valence-electron chi connectivity index (χ3n) is 5.52. The van der Waals surface area contributed by atoms with Crippen molar-refractivity contribution < 1.29 is 14.3 Å². The van der Waals surface area contributed by atoms with Crippen molar-refractivity contribution in [3.8, 4) is 28.8 Å². The van der Waals surface area contributed by atoms with Crippen molar-refractivity contribution >= 4 is 23.4 Å². The molecule has 5 rings (SSSR count). The van der Waals surface area contributed by atoms with Crippen molar-refractivity contribution in [3.05, 3.63) is 89.5 Å². The molecule has 0 unspecified atom stereocenters. The Bertz CT molecular complexity index is 1360. The molecule has 0 saturated heterocycles. The van der Waals surface area contributed by atoms with Crippen LogP contribution in [0.1, 0.15) is 16.7 Å². The minimum Gasteiger partial charge on any atom is -0.497 e. The summed E-state index contributed by atoms with van der Waals surface area (Å²) in [6.45, 7) is 2.03. The Hall–Kier alpha value is -3.84. The number of ether oxygens (including phenoxy) is 2. The molecule has 6 nitrogen and oxygen atoms in total. The highest BCUT2D eigenvalue weighted by Crippen LogP contribution is 2.41. The lowest BCUT2D eigenvalue weighted by Gasteiger charge is -2.23. The van der Waals surface area contributed by atoms with Gasteiger partial charge in [0.2, 0.25) is 11.8 Å². The quantitative estimate of drug-likeness (QED) is 0.247. The number of fused-ring (bicyclic) bond motifs is 2. The molecule has 1 N–H and O–H groups in total. The van der Waals surface area contributed by atoms with Crippen LogP contribution in [-0.4, -0.2) is 28.7 Å². The number of carbonyl (C=O) groups is 1. The number of aryl methyl sites for hydroxylation is 1. The molecule has 0 aliphatic carbocycles. The number of methoxy groups -OCH3 is 1. The maximum absolute atomic E-state index is 12.7. The molecule has 7 heteroatoms. The maximum Gasteiger partial charge on any atom is 0.234 e. The van der Waals surface area contributed by atoms with Gasteiger partial charge in [-0.2, -0.15) is 4.98 Å². The summed E-state index contributed by atoms with van der Waals surface area (Å²) in [5.41, 5.74) is 4.64. The highest BCUT2D eigenvalue weighted by Gasteiger charge is 2.25. The number of rotatable bonds is 6. The zero-order chi connectivity index (χ0) is 23.5. The lowest BCUT2D eigenvalue weighted by atomic mass is 10.0. The van der Waals surface area contributed by atoms with Crippen LogP contribution in [0.3, 0.4) is 0 Å². The molecule has 170 valence electrons. The average Bonchev–Trinajstić information content (AvgIpc) is 2.87. The molecule has 1 aliphatic rings. The van der Waals surface area contributed by atoms with E-state index in [2.05, 4.69) is 11.4 Å². The Morgan fingerprint density at radius 3 is 2.71 bits per heavy atom. The van der Waals surface area contributed by atoms with Gasteiger partial charge in [0, 0.05) is 23.7 Å². The Kier molecular flexibility index (Phi) is 6.18. The standard InChI is InChI=1S/C27H23N3O3S/c1-17-8-6-11-19-14-22-26(33-24(17)19)29-25(18-9-4-3-5-10-18)30-27(22)34-16-23(31)28-20-12-7-13-21(15-20)32-2/h3-13,15H,14,16H2,1-2H3,(H,28,31). The van der Waals surface area contributed by atoms with Gasteiger partial charge in [0.1, 0.15) is 16.5 Å². The van der Waals surface area contributed by atoms with E-state index in [4.69, 9.17) is 19.4 Å². The number of para-hydroxylation sites is 1. The van der Waals surface area contributed by atoms with E-state index in [9.17, 15) is 4.79 Å². The summed E-state index contributed by atoms with van der Waals surface area (Å²) in [5, 5.41) is 3.67. The summed E-state index contributed by atoms with van der Waals surface area (Å²) in [7, 11) is 1.60. The van der Waals surface area contributed by atoms with E-state index in [-0.39, 0.29) is 11.7 Å². The highest BCUT2D eigenvalue weighted by molar-refractivity contribution is 8.00. The summed E-state index contributed by atoms with van der Waals surface area (Å²) in [4.78, 5) is 22.3. The molecule has 0 fully saturated rings. The molecule has 0 spiro atoms. The minimum absolute atomic E-state index is 0.125. The first-order chi connectivity index (χ1) is 16.6. The molecular weight excluding hydrogens is 446 g/mol. The Labute approximate surface area is 202 Å². The van der Waals surface area contributed by atoms with Crippen LogP contribution in [0, 0.1) is 6.92 Å². The van der Waals surface area contributed by atoms with Gasteiger partial charge < -0.3 is 14.8 Å². The van der Waals surface area contributed by atoms with Crippen LogP contribution >= 0.6 is 11.8 Å². The van der Waals surface area contributed by atoms with Crippen molar-refractivity contribution in [3.63, 3.8) is 0 Å². The Morgan fingerprint density at radius 2 is 1.88 bits per heavy atom. The van der Waals surface area contributed by atoms with Gasteiger partial charge in [-0.05, 0) is 30.2 Å². The second kappa shape index (κ2) is 9.57. The topological polar surface area (TPSA) is 73.3 Å². The van der Waals surface area contributed by atoms with E-state index >= 15 is 0 Å². The summed E-state index contributed by atoms with van der Waals surface area (Å²) >= 11 is 1.39. The van der Waals surface area contributed by atoms with E-state index in [0.717, 1.165) is 33.0 Å². The Morgan fingerprint density at radius 1 is 1.06 bits per heavy atom. The number of carbonyl (C=O) groups excluding carboxylic acids is 1. The zero-order valence-electron chi connectivity index (χ0n) is 18.9. The zero-order valence-corrected chi connectivity index (χ0v) is 19.7. The molecular formula is C27H23N3O3S. The summed E-state index contributed by atoms with van der Waals surface area (Å²) < 4.78 is 11.5. The van der Waals surface area contributed by atoms with Crippen LogP contribution in [0.2, 0.25) is 0 Å². The monoisotopic (exact) mass is 469 g/mol. The number of nitrogens with one attached hydrogen (secondary N) is 1. The average molecular weight is 470 g/mol. The fraction of sp³-hybridized carbons (Fsp3) is 0.148. The molecule has 3 aromatic carbocycles. The number of nitrogens with zero attached hydrogens (tertiary/aromatic N) is 2. The first kappa shape index (κ1) is 22.0.